The van der Waals surface area contributed by atoms with E-state index in [4.69, 9.17) is 6.42 Å². The molecule has 2 heterocycles. The van der Waals surface area contributed by atoms with Crippen LogP contribution >= 0.6 is 0 Å². The molecule has 0 saturated carbocycles. The molecule has 4 heteroatoms. The molecule has 2 aromatic rings. The molecular formula is C9H8N4. The number of aryl methyl sites for hydroxylation is 1. The summed E-state index contributed by atoms with van der Waals surface area (Å²) in [6, 6.07) is 3.57. The molecule has 4 nitrogen and oxygen atoms in total. The second kappa shape index (κ2) is 2.87. The number of fused-ring (bicyclic) bond motifs is 1. The van der Waals surface area contributed by atoms with Gasteiger partial charge in [0.2, 0.25) is 0 Å². The zero-order valence-corrected chi connectivity index (χ0v) is 7.23. The van der Waals surface area contributed by atoms with Crippen LogP contribution in [0.3, 0.4) is 0 Å². The van der Waals surface area contributed by atoms with E-state index < -0.39 is 0 Å². The summed E-state index contributed by atoms with van der Waals surface area (Å²) in [7, 11) is 0. The van der Waals surface area contributed by atoms with E-state index >= 15 is 0 Å². The quantitative estimate of drug-likeness (QED) is 0.594. The number of rotatable bonds is 1. The summed E-state index contributed by atoms with van der Waals surface area (Å²) < 4.78 is 1.68. The van der Waals surface area contributed by atoms with Crippen molar-refractivity contribution in [3.05, 3.63) is 23.7 Å². The lowest BCUT2D eigenvalue weighted by Gasteiger charge is -1.94. The van der Waals surface area contributed by atoms with Crippen molar-refractivity contribution in [1.82, 2.24) is 19.8 Å². The van der Waals surface area contributed by atoms with Gasteiger partial charge in [0, 0.05) is 6.42 Å². The van der Waals surface area contributed by atoms with Gasteiger partial charge in [-0.3, -0.25) is 0 Å². The summed E-state index contributed by atoms with van der Waals surface area (Å²) >= 11 is 0. The first kappa shape index (κ1) is 7.74. The number of aromatic nitrogens is 4. The van der Waals surface area contributed by atoms with Crippen molar-refractivity contribution >= 4 is 5.65 Å². The molecule has 0 radical (unpaired) electrons. The van der Waals surface area contributed by atoms with Crippen LogP contribution in [-0.2, 0) is 6.42 Å². The first-order chi connectivity index (χ1) is 6.35. The zero-order chi connectivity index (χ0) is 9.26. The lowest BCUT2D eigenvalue weighted by Crippen LogP contribution is -1.98. The van der Waals surface area contributed by atoms with Gasteiger partial charge in [0.05, 0.1) is 0 Å². The van der Waals surface area contributed by atoms with Crippen LogP contribution in [0.2, 0.25) is 0 Å². The van der Waals surface area contributed by atoms with Crippen LogP contribution in [0, 0.1) is 12.3 Å². The molecule has 0 amide bonds. The Labute approximate surface area is 75.6 Å². The van der Waals surface area contributed by atoms with Crippen LogP contribution in [0.25, 0.3) is 5.65 Å². The lowest BCUT2D eigenvalue weighted by molar-refractivity contribution is 0.818. The summed E-state index contributed by atoms with van der Waals surface area (Å²) in [6.45, 7) is 2.00. The highest BCUT2D eigenvalue weighted by atomic mass is 15.4. The normalized spacial score (nSPS) is 10.2. The van der Waals surface area contributed by atoms with Crippen molar-refractivity contribution in [2.75, 3.05) is 0 Å². The lowest BCUT2D eigenvalue weighted by atomic mass is 10.4. The van der Waals surface area contributed by atoms with Crippen molar-refractivity contribution in [1.29, 1.82) is 0 Å². The summed E-state index contributed by atoms with van der Waals surface area (Å²) in [5.74, 6) is 3.30. The Kier molecular flexibility index (Phi) is 1.71. The van der Waals surface area contributed by atoms with Crippen molar-refractivity contribution < 1.29 is 0 Å². The van der Waals surface area contributed by atoms with Crippen LogP contribution in [-0.4, -0.2) is 19.8 Å². The second-order valence-electron chi connectivity index (χ2n) is 2.60. The van der Waals surface area contributed by atoms with Crippen LogP contribution in [0.1, 0.15) is 18.4 Å². The standard InChI is InChI=1S/C9H8N4/c1-3-7-5-6-9-11-10-8(4-2)13(9)12-7/h1,5-6H,4H2,2H3. The molecule has 64 valence electrons. The van der Waals surface area contributed by atoms with Gasteiger partial charge in [-0.2, -0.15) is 9.61 Å². The Balaban J connectivity index is 2.73. The number of hydrogen-bond acceptors (Lipinski definition) is 3. The average molecular weight is 172 g/mol. The van der Waals surface area contributed by atoms with Crippen molar-refractivity contribution in [2.45, 2.75) is 13.3 Å². The van der Waals surface area contributed by atoms with Gasteiger partial charge in [-0.25, -0.2) is 0 Å². The highest BCUT2D eigenvalue weighted by Crippen LogP contribution is 2.02. The van der Waals surface area contributed by atoms with E-state index in [0.717, 1.165) is 17.9 Å². The molecule has 13 heavy (non-hydrogen) atoms. The topological polar surface area (TPSA) is 43.1 Å². The van der Waals surface area contributed by atoms with Gasteiger partial charge in [0.1, 0.15) is 5.69 Å². The Morgan fingerprint density at radius 3 is 3.00 bits per heavy atom. The third kappa shape index (κ3) is 1.14. The highest BCUT2D eigenvalue weighted by molar-refractivity contribution is 5.39. The molecule has 2 aromatic heterocycles. The van der Waals surface area contributed by atoms with E-state index in [1.165, 1.54) is 0 Å². The SMILES string of the molecule is C#Cc1ccc2nnc(CC)n2n1. The largest absolute Gasteiger partial charge is 0.196 e. The van der Waals surface area contributed by atoms with Crippen LogP contribution in [0.4, 0.5) is 0 Å². The number of nitrogens with zero attached hydrogens (tertiary/aromatic N) is 4. The molecule has 0 bridgehead atoms. The summed E-state index contributed by atoms with van der Waals surface area (Å²) in [5, 5.41) is 12.1. The molecule has 0 N–H and O–H groups in total. The van der Waals surface area contributed by atoms with Gasteiger partial charge in [0.25, 0.3) is 0 Å². The van der Waals surface area contributed by atoms with Crippen LogP contribution in [0.15, 0.2) is 12.1 Å². The fraction of sp³-hybridized carbons (Fsp3) is 0.222. The van der Waals surface area contributed by atoms with E-state index in [2.05, 4.69) is 21.2 Å². The van der Waals surface area contributed by atoms with Crippen molar-refractivity contribution in [3.8, 4) is 12.3 Å². The van der Waals surface area contributed by atoms with Gasteiger partial charge in [-0.15, -0.1) is 16.6 Å². The van der Waals surface area contributed by atoms with Gasteiger partial charge in [-0.1, -0.05) is 6.92 Å². The smallest absolute Gasteiger partial charge is 0.177 e. The third-order valence-electron chi connectivity index (χ3n) is 1.79. The second-order valence-corrected chi connectivity index (χ2v) is 2.60. The number of terminal acetylenes is 1. The molecule has 0 spiro atoms. The van der Waals surface area contributed by atoms with Crippen LogP contribution < -0.4 is 0 Å². The van der Waals surface area contributed by atoms with E-state index in [-0.39, 0.29) is 0 Å². The van der Waals surface area contributed by atoms with E-state index in [1.54, 1.807) is 10.6 Å². The highest BCUT2D eigenvalue weighted by Gasteiger charge is 2.03. The Morgan fingerprint density at radius 2 is 2.31 bits per heavy atom. The van der Waals surface area contributed by atoms with Gasteiger partial charge >= 0.3 is 0 Å². The Morgan fingerprint density at radius 1 is 1.46 bits per heavy atom. The molecule has 0 atom stereocenters. The minimum absolute atomic E-state index is 0.599. The monoisotopic (exact) mass is 172 g/mol. The maximum absolute atomic E-state index is 5.23. The first-order valence-electron chi connectivity index (χ1n) is 4.03. The van der Waals surface area contributed by atoms with Gasteiger partial charge in [0.15, 0.2) is 11.5 Å². The van der Waals surface area contributed by atoms with Gasteiger partial charge in [-0.05, 0) is 18.1 Å². The van der Waals surface area contributed by atoms with Crippen molar-refractivity contribution in [2.24, 2.45) is 0 Å². The molecule has 0 fully saturated rings. The van der Waals surface area contributed by atoms with E-state index in [0.29, 0.717) is 5.69 Å². The summed E-state index contributed by atoms with van der Waals surface area (Å²) in [4.78, 5) is 0. The fourth-order valence-electron chi connectivity index (χ4n) is 1.13. The predicted octanol–water partition coefficient (Wildman–Crippen LogP) is 0.668. The average Bonchev–Trinajstić information content (AvgIpc) is 2.59. The van der Waals surface area contributed by atoms with Crippen LogP contribution in [0.5, 0.6) is 0 Å². The van der Waals surface area contributed by atoms with Crippen molar-refractivity contribution in [3.63, 3.8) is 0 Å². The molecule has 2 rings (SSSR count). The molecular weight excluding hydrogens is 164 g/mol. The summed E-state index contributed by atoms with van der Waals surface area (Å²) in [5.41, 5.74) is 1.33. The molecule has 0 saturated heterocycles. The maximum atomic E-state index is 5.23. The molecule has 0 aliphatic carbocycles. The first-order valence-corrected chi connectivity index (χ1v) is 4.03. The minimum atomic E-state index is 0.599. The third-order valence-corrected chi connectivity index (χ3v) is 1.79. The van der Waals surface area contributed by atoms with E-state index in [9.17, 15) is 0 Å². The Hall–Kier alpha value is -1.89. The maximum Gasteiger partial charge on any atom is 0.177 e. The molecule has 0 aromatic carbocycles. The van der Waals surface area contributed by atoms with E-state index in [1.807, 2.05) is 13.0 Å². The Bertz CT molecular complexity index is 478. The molecule has 0 aliphatic heterocycles. The van der Waals surface area contributed by atoms with Gasteiger partial charge < -0.3 is 0 Å². The minimum Gasteiger partial charge on any atom is -0.196 e. The zero-order valence-electron chi connectivity index (χ0n) is 7.23. The molecule has 0 unspecified atom stereocenters. The fourth-order valence-corrected chi connectivity index (χ4v) is 1.13. The molecule has 0 aliphatic rings. The predicted molar refractivity (Wildman–Crippen MR) is 48.1 cm³/mol. The summed E-state index contributed by atoms with van der Waals surface area (Å²) in [6.07, 6.45) is 6.03. The number of hydrogen-bond donors (Lipinski definition) is 0.